The maximum absolute atomic E-state index is 10.6. The van der Waals surface area contributed by atoms with E-state index in [2.05, 4.69) is 44.0 Å². The standard InChI is InChI=1S/C16H13IN4O4/c1-3-6-25-16-13(17)7-11(8-14(16)24-2)9-19-20-15-5-4-12(10-18-15)21(22)23/h1,4-5,7-10H,6H2,2H3,(H,18,20)/b19-9-. The summed E-state index contributed by atoms with van der Waals surface area (Å²) >= 11 is 2.12. The van der Waals surface area contributed by atoms with Gasteiger partial charge in [0.15, 0.2) is 11.5 Å². The van der Waals surface area contributed by atoms with Gasteiger partial charge in [0.05, 0.1) is 21.8 Å². The molecule has 0 unspecified atom stereocenters. The van der Waals surface area contributed by atoms with E-state index in [9.17, 15) is 10.1 Å². The van der Waals surface area contributed by atoms with E-state index in [0.29, 0.717) is 17.3 Å². The van der Waals surface area contributed by atoms with E-state index < -0.39 is 4.92 Å². The normalized spacial score (nSPS) is 10.3. The van der Waals surface area contributed by atoms with Gasteiger partial charge in [0, 0.05) is 6.07 Å². The summed E-state index contributed by atoms with van der Waals surface area (Å²) in [5.74, 6) is 3.90. The molecule has 128 valence electrons. The molecule has 2 rings (SSSR count). The van der Waals surface area contributed by atoms with Crippen LogP contribution in [0, 0.1) is 26.0 Å². The Bertz CT molecular complexity index is 831. The molecular formula is C16H13IN4O4. The number of hydrazone groups is 1. The molecule has 25 heavy (non-hydrogen) atoms. The van der Waals surface area contributed by atoms with Crippen LogP contribution in [0.1, 0.15) is 5.56 Å². The number of halogens is 1. The molecule has 8 nitrogen and oxygen atoms in total. The number of nitrogens with one attached hydrogen (secondary N) is 1. The van der Waals surface area contributed by atoms with Gasteiger partial charge in [-0.1, -0.05) is 5.92 Å². The highest BCUT2D eigenvalue weighted by molar-refractivity contribution is 14.1. The average Bonchev–Trinajstić information content (AvgIpc) is 2.61. The Morgan fingerprint density at radius 1 is 1.52 bits per heavy atom. The predicted octanol–water partition coefficient (Wildman–Crippen LogP) is 3.06. The third-order valence-electron chi connectivity index (χ3n) is 2.90. The van der Waals surface area contributed by atoms with Crippen molar-refractivity contribution in [2.45, 2.75) is 0 Å². The third-order valence-corrected chi connectivity index (χ3v) is 3.70. The van der Waals surface area contributed by atoms with Crippen LogP contribution in [0.25, 0.3) is 0 Å². The number of nitrogens with zero attached hydrogens (tertiary/aromatic N) is 3. The van der Waals surface area contributed by atoms with Gasteiger partial charge in [-0.3, -0.25) is 15.5 Å². The number of methoxy groups -OCH3 is 1. The smallest absolute Gasteiger partial charge is 0.287 e. The van der Waals surface area contributed by atoms with Crippen LogP contribution >= 0.6 is 22.6 Å². The maximum Gasteiger partial charge on any atom is 0.287 e. The first-order chi connectivity index (χ1) is 12.0. The average molecular weight is 452 g/mol. The lowest BCUT2D eigenvalue weighted by Gasteiger charge is -2.11. The lowest BCUT2D eigenvalue weighted by molar-refractivity contribution is -0.385. The first kappa shape index (κ1) is 18.5. The topological polar surface area (TPSA) is 98.9 Å². The Morgan fingerprint density at radius 3 is 2.92 bits per heavy atom. The van der Waals surface area contributed by atoms with Gasteiger partial charge in [0.2, 0.25) is 0 Å². The Labute approximate surface area is 157 Å². The first-order valence-electron chi connectivity index (χ1n) is 6.88. The van der Waals surface area contributed by atoms with E-state index in [1.54, 1.807) is 12.3 Å². The molecule has 0 saturated heterocycles. The Kier molecular flexibility index (Phi) is 6.53. The van der Waals surface area contributed by atoms with Gasteiger partial charge in [-0.2, -0.15) is 5.10 Å². The summed E-state index contributed by atoms with van der Waals surface area (Å²) in [4.78, 5) is 14.0. The van der Waals surface area contributed by atoms with Crippen LogP contribution in [0.4, 0.5) is 11.5 Å². The van der Waals surface area contributed by atoms with Crippen LogP contribution in [0.2, 0.25) is 0 Å². The van der Waals surface area contributed by atoms with Gasteiger partial charge in [-0.05, 0) is 46.4 Å². The Morgan fingerprint density at radius 2 is 2.32 bits per heavy atom. The lowest BCUT2D eigenvalue weighted by Crippen LogP contribution is -2.00. The highest BCUT2D eigenvalue weighted by Gasteiger charge is 2.10. The van der Waals surface area contributed by atoms with Crippen molar-refractivity contribution in [3.05, 3.63) is 49.7 Å². The van der Waals surface area contributed by atoms with Crippen LogP contribution in [-0.4, -0.2) is 29.8 Å². The molecule has 0 saturated carbocycles. The fourth-order valence-corrected chi connectivity index (χ4v) is 2.58. The summed E-state index contributed by atoms with van der Waals surface area (Å²) in [6.07, 6.45) is 7.93. The van der Waals surface area contributed by atoms with E-state index in [1.807, 2.05) is 6.07 Å². The highest BCUT2D eigenvalue weighted by Crippen LogP contribution is 2.33. The second kappa shape index (κ2) is 8.84. The number of aromatic nitrogens is 1. The van der Waals surface area contributed by atoms with Crippen LogP contribution in [-0.2, 0) is 0 Å². The molecule has 9 heteroatoms. The third kappa shape index (κ3) is 5.05. The molecule has 0 radical (unpaired) electrons. The summed E-state index contributed by atoms with van der Waals surface area (Å²) in [6.45, 7) is 0.146. The van der Waals surface area contributed by atoms with Crippen molar-refractivity contribution in [3.63, 3.8) is 0 Å². The molecule has 2 aromatic rings. The van der Waals surface area contributed by atoms with Crippen LogP contribution < -0.4 is 14.9 Å². The molecular weight excluding hydrogens is 439 g/mol. The minimum atomic E-state index is -0.516. The van der Waals surface area contributed by atoms with Crippen LogP contribution in [0.15, 0.2) is 35.6 Å². The van der Waals surface area contributed by atoms with Crippen LogP contribution in [0.5, 0.6) is 11.5 Å². The summed E-state index contributed by atoms with van der Waals surface area (Å²) in [5, 5.41) is 14.6. The summed E-state index contributed by atoms with van der Waals surface area (Å²) in [6, 6.07) is 6.41. The molecule has 0 atom stereocenters. The minimum absolute atomic E-state index is 0.0867. The monoisotopic (exact) mass is 452 g/mol. The zero-order valence-electron chi connectivity index (χ0n) is 13.1. The van der Waals surface area contributed by atoms with Gasteiger partial charge in [0.1, 0.15) is 18.6 Å². The predicted molar refractivity (Wildman–Crippen MR) is 102 cm³/mol. The molecule has 1 N–H and O–H groups in total. The molecule has 1 aromatic heterocycles. The summed E-state index contributed by atoms with van der Waals surface area (Å²) in [5.41, 5.74) is 3.38. The number of pyridine rings is 1. The van der Waals surface area contributed by atoms with Crippen molar-refractivity contribution < 1.29 is 14.4 Å². The molecule has 0 aliphatic heterocycles. The second-order valence-corrected chi connectivity index (χ2v) is 5.72. The fourth-order valence-electron chi connectivity index (χ4n) is 1.80. The van der Waals surface area contributed by atoms with Gasteiger partial charge < -0.3 is 9.47 Å². The van der Waals surface area contributed by atoms with Crippen molar-refractivity contribution in [2.75, 3.05) is 19.1 Å². The van der Waals surface area contributed by atoms with Crippen molar-refractivity contribution in [3.8, 4) is 23.8 Å². The molecule has 0 fully saturated rings. The van der Waals surface area contributed by atoms with Crippen molar-refractivity contribution in [1.82, 2.24) is 4.98 Å². The molecule has 0 spiro atoms. The van der Waals surface area contributed by atoms with E-state index in [1.165, 1.54) is 19.2 Å². The molecule has 1 aromatic carbocycles. The number of ether oxygens (including phenoxy) is 2. The quantitative estimate of drug-likeness (QED) is 0.228. The zero-order valence-corrected chi connectivity index (χ0v) is 15.3. The van der Waals surface area contributed by atoms with Crippen LogP contribution in [0.3, 0.4) is 0 Å². The van der Waals surface area contributed by atoms with Gasteiger partial charge >= 0.3 is 0 Å². The number of rotatable bonds is 7. The zero-order chi connectivity index (χ0) is 18.2. The SMILES string of the molecule is C#CCOc1c(I)cc(/C=N\Nc2ccc([N+](=O)[O-])cn2)cc1OC. The van der Waals surface area contributed by atoms with Gasteiger partial charge in [-0.25, -0.2) is 4.98 Å². The molecule has 0 bridgehead atoms. The highest BCUT2D eigenvalue weighted by atomic mass is 127. The van der Waals surface area contributed by atoms with Crippen molar-refractivity contribution in [1.29, 1.82) is 0 Å². The molecule has 0 aliphatic rings. The van der Waals surface area contributed by atoms with Crippen molar-refractivity contribution in [2.24, 2.45) is 5.10 Å². The number of anilines is 1. The number of hydrogen-bond donors (Lipinski definition) is 1. The molecule has 0 aliphatic carbocycles. The first-order valence-corrected chi connectivity index (χ1v) is 7.96. The number of nitro groups is 1. The second-order valence-electron chi connectivity index (χ2n) is 4.56. The molecule has 1 heterocycles. The van der Waals surface area contributed by atoms with Crippen molar-refractivity contribution >= 4 is 40.3 Å². The van der Waals surface area contributed by atoms with E-state index in [-0.39, 0.29) is 12.3 Å². The maximum atomic E-state index is 10.6. The number of hydrogen-bond acceptors (Lipinski definition) is 7. The largest absolute Gasteiger partial charge is 0.493 e. The Balaban J connectivity index is 2.11. The lowest BCUT2D eigenvalue weighted by atomic mass is 10.2. The van der Waals surface area contributed by atoms with E-state index in [0.717, 1.165) is 15.3 Å². The number of terminal acetylenes is 1. The Hall–Kier alpha value is -2.87. The molecule has 0 amide bonds. The van der Waals surface area contributed by atoms with Gasteiger partial charge in [0.25, 0.3) is 5.69 Å². The summed E-state index contributed by atoms with van der Waals surface area (Å²) in [7, 11) is 1.54. The summed E-state index contributed by atoms with van der Waals surface area (Å²) < 4.78 is 11.6. The van der Waals surface area contributed by atoms with E-state index >= 15 is 0 Å². The fraction of sp³-hybridized carbons (Fsp3) is 0.125. The number of benzene rings is 1. The minimum Gasteiger partial charge on any atom is -0.493 e. The van der Waals surface area contributed by atoms with Gasteiger partial charge in [-0.15, -0.1) is 6.42 Å². The van der Waals surface area contributed by atoms with E-state index in [4.69, 9.17) is 15.9 Å².